The van der Waals surface area contributed by atoms with E-state index in [9.17, 15) is 4.79 Å². The van der Waals surface area contributed by atoms with Crippen LogP contribution in [0.25, 0.3) is 0 Å². The molecule has 0 aromatic heterocycles. The van der Waals surface area contributed by atoms with E-state index in [0.717, 1.165) is 12.8 Å². The fourth-order valence-electron chi connectivity index (χ4n) is 1.84. The van der Waals surface area contributed by atoms with E-state index in [4.69, 9.17) is 11.8 Å². The molecule has 1 aliphatic rings. The Morgan fingerprint density at radius 3 is 2.75 bits per heavy atom. The third-order valence-electron chi connectivity index (χ3n) is 3.07. The Morgan fingerprint density at radius 1 is 1.62 bits per heavy atom. The van der Waals surface area contributed by atoms with Gasteiger partial charge in [0.2, 0.25) is 0 Å². The molecule has 0 spiro atoms. The lowest BCUT2D eigenvalue weighted by Crippen LogP contribution is -2.47. The number of amides is 2. The Labute approximate surface area is 96.9 Å². The first-order valence-electron chi connectivity index (χ1n) is 5.53. The van der Waals surface area contributed by atoms with E-state index >= 15 is 0 Å². The summed E-state index contributed by atoms with van der Waals surface area (Å²) in [5, 5.41) is 10.4. The first-order valence-corrected chi connectivity index (χ1v) is 5.53. The molecular weight excluding hydrogens is 202 g/mol. The van der Waals surface area contributed by atoms with Crippen molar-refractivity contribution in [3.63, 3.8) is 0 Å². The highest BCUT2D eigenvalue weighted by Crippen LogP contribution is 2.28. The highest BCUT2D eigenvalue weighted by atomic mass is 16.2. The lowest BCUT2D eigenvalue weighted by molar-refractivity contribution is 0.182. The maximum atomic E-state index is 11.6. The molecule has 16 heavy (non-hydrogen) atoms. The number of carbonyl (C=O) groups is 1. The fraction of sp³-hybridized carbons (Fsp3) is 0.667. The minimum Gasteiger partial charge on any atom is -0.301 e. The number of nitrogens with one attached hydrogen (secondary N) is 2. The summed E-state index contributed by atoms with van der Waals surface area (Å²) in [5.74, 6) is 3.28. The van der Waals surface area contributed by atoms with Crippen LogP contribution in [0.2, 0.25) is 0 Å². The second-order valence-corrected chi connectivity index (χ2v) is 4.80. The van der Waals surface area contributed by atoms with Crippen LogP contribution in [0, 0.1) is 23.7 Å². The highest BCUT2D eigenvalue weighted by Gasteiger charge is 2.45. The van der Waals surface area contributed by atoms with Crippen molar-refractivity contribution in [2.75, 3.05) is 6.54 Å². The van der Waals surface area contributed by atoms with Gasteiger partial charge < -0.3 is 4.90 Å². The second kappa shape index (κ2) is 4.56. The molecule has 1 fully saturated rings. The first-order chi connectivity index (χ1) is 7.41. The van der Waals surface area contributed by atoms with Crippen LogP contribution in [0.3, 0.4) is 0 Å². The van der Waals surface area contributed by atoms with E-state index in [2.05, 4.69) is 25.1 Å². The van der Waals surface area contributed by atoms with Crippen molar-refractivity contribution in [2.24, 2.45) is 5.92 Å². The van der Waals surface area contributed by atoms with Gasteiger partial charge in [-0.3, -0.25) is 10.7 Å². The van der Waals surface area contributed by atoms with Crippen LogP contribution in [-0.4, -0.2) is 28.9 Å². The zero-order valence-electron chi connectivity index (χ0n) is 10.1. The van der Waals surface area contributed by atoms with Gasteiger partial charge in [0.1, 0.15) is 11.4 Å². The molecule has 0 aromatic rings. The number of hydrogen-bond acceptors (Lipinski definition) is 2. The normalized spacial score (nSPS) is 24.8. The number of urea groups is 1. The van der Waals surface area contributed by atoms with Crippen molar-refractivity contribution in [3.8, 4) is 12.3 Å². The maximum absolute atomic E-state index is 11.6. The van der Waals surface area contributed by atoms with Crippen LogP contribution in [0.15, 0.2) is 0 Å². The van der Waals surface area contributed by atoms with Crippen LogP contribution in [0.5, 0.6) is 0 Å². The van der Waals surface area contributed by atoms with Crippen molar-refractivity contribution >= 4 is 11.9 Å². The minimum absolute atomic E-state index is 0.253. The number of hydrogen-bond donors (Lipinski definition) is 2. The number of amidine groups is 1. The van der Waals surface area contributed by atoms with E-state index < -0.39 is 5.54 Å². The summed E-state index contributed by atoms with van der Waals surface area (Å²) in [4.78, 5) is 13.2. The fourth-order valence-corrected chi connectivity index (χ4v) is 1.84. The van der Waals surface area contributed by atoms with Gasteiger partial charge >= 0.3 is 6.03 Å². The van der Waals surface area contributed by atoms with Crippen molar-refractivity contribution < 1.29 is 4.79 Å². The average molecular weight is 221 g/mol. The third kappa shape index (κ3) is 2.19. The molecule has 2 amide bonds. The summed E-state index contributed by atoms with van der Waals surface area (Å²) in [6.07, 6.45) is 6.99. The van der Waals surface area contributed by atoms with Gasteiger partial charge in [-0.2, -0.15) is 0 Å². The summed E-state index contributed by atoms with van der Waals surface area (Å²) >= 11 is 0. The topological polar surface area (TPSA) is 56.2 Å². The lowest BCUT2D eigenvalue weighted by Gasteiger charge is -2.32. The van der Waals surface area contributed by atoms with Crippen molar-refractivity contribution in [2.45, 2.75) is 39.2 Å². The van der Waals surface area contributed by atoms with Gasteiger partial charge in [-0.15, -0.1) is 6.42 Å². The zero-order valence-corrected chi connectivity index (χ0v) is 10.1. The van der Waals surface area contributed by atoms with E-state index in [-0.39, 0.29) is 18.4 Å². The zero-order chi connectivity index (χ0) is 12.3. The Morgan fingerprint density at radius 2 is 2.25 bits per heavy atom. The summed E-state index contributed by atoms with van der Waals surface area (Å²) in [6.45, 7) is 6.40. The summed E-state index contributed by atoms with van der Waals surface area (Å²) < 4.78 is 0. The standard InChI is InChI=1S/C12H19N3O/c1-5-8-15-11(16)14-10(13)12(15,4)7-6-9(2)3/h1,9H,6-8H2,2-4H3,(H2,13,14,16). The SMILES string of the molecule is C#CCN1C(=O)NC(=N)C1(C)CCC(C)C. The number of rotatable bonds is 4. The maximum Gasteiger partial charge on any atom is 0.324 e. The largest absolute Gasteiger partial charge is 0.324 e. The van der Waals surface area contributed by atoms with Gasteiger partial charge in [-0.1, -0.05) is 19.8 Å². The molecule has 0 saturated carbocycles. The molecule has 1 aliphatic heterocycles. The monoisotopic (exact) mass is 221 g/mol. The molecule has 1 rings (SSSR count). The smallest absolute Gasteiger partial charge is 0.301 e. The van der Waals surface area contributed by atoms with Gasteiger partial charge in [0.15, 0.2) is 0 Å². The van der Waals surface area contributed by atoms with E-state index in [1.165, 1.54) is 0 Å². The molecule has 0 radical (unpaired) electrons. The van der Waals surface area contributed by atoms with Crippen molar-refractivity contribution in [3.05, 3.63) is 0 Å². The number of nitrogens with zero attached hydrogens (tertiary/aromatic N) is 1. The Kier molecular flexibility index (Phi) is 3.58. The van der Waals surface area contributed by atoms with Crippen LogP contribution < -0.4 is 5.32 Å². The molecule has 88 valence electrons. The molecule has 2 N–H and O–H groups in total. The van der Waals surface area contributed by atoms with Crippen LogP contribution >= 0.6 is 0 Å². The lowest BCUT2D eigenvalue weighted by atomic mass is 9.90. The molecule has 1 atom stereocenters. The Balaban J connectivity index is 2.84. The quantitative estimate of drug-likeness (QED) is 0.699. The predicted octanol–water partition coefficient (Wildman–Crippen LogP) is 1.82. The van der Waals surface area contributed by atoms with Crippen molar-refractivity contribution in [1.82, 2.24) is 10.2 Å². The molecular formula is C12H19N3O. The van der Waals surface area contributed by atoms with Crippen LogP contribution in [0.1, 0.15) is 33.6 Å². The minimum atomic E-state index is -0.562. The molecule has 1 heterocycles. The number of terminal acetylenes is 1. The van der Waals surface area contributed by atoms with Gasteiger partial charge in [-0.05, 0) is 25.7 Å². The van der Waals surface area contributed by atoms with Crippen molar-refractivity contribution in [1.29, 1.82) is 5.41 Å². The molecule has 4 nitrogen and oxygen atoms in total. The summed E-state index contributed by atoms with van der Waals surface area (Å²) in [7, 11) is 0. The van der Waals surface area contributed by atoms with Crippen LogP contribution in [-0.2, 0) is 0 Å². The molecule has 1 saturated heterocycles. The van der Waals surface area contributed by atoms with E-state index in [0.29, 0.717) is 5.92 Å². The molecule has 1 unspecified atom stereocenters. The molecule has 0 aliphatic carbocycles. The summed E-state index contributed by atoms with van der Waals surface area (Å²) in [6, 6.07) is -0.255. The predicted molar refractivity (Wildman–Crippen MR) is 64.3 cm³/mol. The van der Waals surface area contributed by atoms with Crippen LogP contribution in [0.4, 0.5) is 4.79 Å². The molecule has 0 bridgehead atoms. The first kappa shape index (κ1) is 12.6. The van der Waals surface area contributed by atoms with Gasteiger partial charge in [-0.25, -0.2) is 4.79 Å². The molecule has 4 heteroatoms. The second-order valence-electron chi connectivity index (χ2n) is 4.80. The van der Waals surface area contributed by atoms with E-state index in [1.54, 1.807) is 4.90 Å². The van der Waals surface area contributed by atoms with Gasteiger partial charge in [0.25, 0.3) is 0 Å². The average Bonchev–Trinajstić information content (AvgIpc) is 2.40. The van der Waals surface area contributed by atoms with E-state index in [1.807, 2.05) is 6.92 Å². The molecule has 0 aromatic carbocycles. The summed E-state index contributed by atoms with van der Waals surface area (Å²) in [5.41, 5.74) is -0.562. The van der Waals surface area contributed by atoms with Gasteiger partial charge in [0.05, 0.1) is 6.54 Å². The Hall–Kier alpha value is -1.50. The number of carbonyl (C=O) groups excluding carboxylic acids is 1. The third-order valence-corrected chi connectivity index (χ3v) is 3.07. The highest BCUT2D eigenvalue weighted by molar-refractivity contribution is 6.08. The Bertz CT molecular complexity index is 343. The van der Waals surface area contributed by atoms with Gasteiger partial charge in [0, 0.05) is 0 Å².